The molecule has 4 atom stereocenters. The van der Waals surface area contributed by atoms with E-state index in [4.69, 9.17) is 14.0 Å². The summed E-state index contributed by atoms with van der Waals surface area (Å²) in [6.45, 7) is 12.3. The average molecular weight is 533 g/mol. The second kappa shape index (κ2) is 9.72. The molecular weight excluding hydrogens is 498 g/mol. The van der Waals surface area contributed by atoms with Crippen LogP contribution in [0.5, 0.6) is 0 Å². The van der Waals surface area contributed by atoms with Crippen LogP contribution < -0.4 is 0 Å². The number of hydrogen-bond acceptors (Lipinski definition) is 5. The number of rotatable bonds is 6. The largest absolute Gasteiger partial charge is 0.414 e. The van der Waals surface area contributed by atoms with E-state index >= 15 is 0 Å². The quantitative estimate of drug-likeness (QED) is 0.433. The number of hydrogen-bond donors (Lipinski definition) is 0. The Kier molecular flexibility index (Phi) is 7.29. The Bertz CT molecular complexity index is 961. The first-order valence-corrected chi connectivity index (χ1v) is 15.3. The third-order valence-electron chi connectivity index (χ3n) is 7.22. The number of ether oxygens (including phenoxy) is 1. The summed E-state index contributed by atoms with van der Waals surface area (Å²) in [6.07, 6.45) is -0.741. The Labute approximate surface area is 206 Å². The van der Waals surface area contributed by atoms with E-state index in [1.807, 2.05) is 47.5 Å². The Morgan fingerprint density at radius 1 is 1.09 bits per heavy atom. The van der Waals surface area contributed by atoms with Gasteiger partial charge in [-0.1, -0.05) is 79.2 Å². The zero-order valence-electron chi connectivity index (χ0n) is 20.1. The first-order valence-electron chi connectivity index (χ1n) is 11.6. The first-order chi connectivity index (χ1) is 15.6. The van der Waals surface area contributed by atoms with Gasteiger partial charge in [-0.2, -0.15) is 5.06 Å². The van der Waals surface area contributed by atoms with E-state index in [1.165, 1.54) is 0 Å². The molecule has 0 aliphatic carbocycles. The zero-order chi connectivity index (χ0) is 23.8. The van der Waals surface area contributed by atoms with E-state index in [2.05, 4.69) is 61.9 Å². The Hall–Kier alpha value is -1.35. The van der Waals surface area contributed by atoms with Gasteiger partial charge >= 0.3 is 0 Å². The van der Waals surface area contributed by atoms with Gasteiger partial charge < -0.3 is 9.16 Å². The molecule has 4 rings (SSSR count). The minimum absolute atomic E-state index is 0.0755. The molecule has 2 saturated heterocycles. The highest BCUT2D eigenvalue weighted by Gasteiger charge is 2.52. The molecule has 2 aliphatic rings. The maximum absolute atomic E-state index is 13.7. The van der Waals surface area contributed by atoms with E-state index in [0.717, 1.165) is 15.6 Å². The maximum atomic E-state index is 13.7. The number of halogens is 1. The van der Waals surface area contributed by atoms with Crippen molar-refractivity contribution in [2.75, 3.05) is 13.2 Å². The molecular formula is C26H34BrNO4Si. The Morgan fingerprint density at radius 3 is 2.39 bits per heavy atom. The van der Waals surface area contributed by atoms with Gasteiger partial charge in [0.25, 0.3) is 0 Å². The smallest absolute Gasteiger partial charge is 0.192 e. The van der Waals surface area contributed by atoms with Crippen molar-refractivity contribution in [2.45, 2.75) is 63.7 Å². The maximum Gasteiger partial charge on any atom is 0.192 e. The van der Waals surface area contributed by atoms with E-state index in [9.17, 15) is 4.79 Å². The summed E-state index contributed by atoms with van der Waals surface area (Å²) in [7, 11) is -2.01. The minimum Gasteiger partial charge on any atom is -0.414 e. The van der Waals surface area contributed by atoms with Gasteiger partial charge in [-0.15, -0.1) is 0 Å². The van der Waals surface area contributed by atoms with Crippen LogP contribution in [0.1, 0.15) is 38.0 Å². The second-order valence-corrected chi connectivity index (χ2v) is 16.3. The molecule has 0 spiro atoms. The fraction of sp³-hybridized carbons (Fsp3) is 0.500. The molecule has 2 aromatic carbocycles. The molecule has 0 amide bonds. The van der Waals surface area contributed by atoms with Crippen molar-refractivity contribution in [2.24, 2.45) is 5.92 Å². The number of benzene rings is 2. The molecule has 2 aliphatic heterocycles. The monoisotopic (exact) mass is 531 g/mol. The summed E-state index contributed by atoms with van der Waals surface area (Å²) < 4.78 is 14.2. The third-order valence-corrected chi connectivity index (χ3v) is 12.2. The number of Topliss-reactive ketones (excluding diaryl/α,β-unsaturated/α-hetero) is 1. The molecule has 0 aromatic heterocycles. The van der Waals surface area contributed by atoms with Gasteiger partial charge in [0.2, 0.25) is 0 Å². The molecule has 2 heterocycles. The van der Waals surface area contributed by atoms with Gasteiger partial charge in [0.15, 0.2) is 14.1 Å². The fourth-order valence-corrected chi connectivity index (χ4v) is 5.45. The Morgan fingerprint density at radius 2 is 1.76 bits per heavy atom. The molecule has 2 bridgehead atoms. The minimum atomic E-state index is -2.01. The van der Waals surface area contributed by atoms with Crippen LogP contribution in [0.25, 0.3) is 0 Å². The third kappa shape index (κ3) is 5.34. The van der Waals surface area contributed by atoms with Gasteiger partial charge in [-0.25, -0.2) is 0 Å². The van der Waals surface area contributed by atoms with Gasteiger partial charge in [-0.3, -0.25) is 9.63 Å². The molecule has 2 fully saturated rings. The normalized spacial score (nSPS) is 26.4. The number of nitrogens with zero attached hydrogens (tertiary/aromatic N) is 1. The average Bonchev–Trinajstić information content (AvgIpc) is 2.75. The lowest BCUT2D eigenvalue weighted by Crippen LogP contribution is -2.63. The summed E-state index contributed by atoms with van der Waals surface area (Å²) in [6, 6.07) is 17.6. The van der Waals surface area contributed by atoms with Crippen molar-refractivity contribution in [1.29, 1.82) is 0 Å². The van der Waals surface area contributed by atoms with Crippen molar-refractivity contribution in [3.05, 3.63) is 70.2 Å². The second-order valence-electron chi connectivity index (χ2n) is 10.5. The number of ketones is 1. The van der Waals surface area contributed by atoms with Crippen LogP contribution in [-0.4, -0.2) is 44.5 Å². The highest BCUT2D eigenvalue weighted by atomic mass is 79.9. The van der Waals surface area contributed by atoms with Crippen LogP contribution in [0.4, 0.5) is 0 Å². The predicted octanol–water partition coefficient (Wildman–Crippen LogP) is 5.91. The molecule has 0 unspecified atom stereocenters. The predicted molar refractivity (Wildman–Crippen MR) is 135 cm³/mol. The summed E-state index contributed by atoms with van der Waals surface area (Å²) in [5.74, 6) is -0.146. The Balaban J connectivity index is 1.61. The molecule has 33 heavy (non-hydrogen) atoms. The van der Waals surface area contributed by atoms with E-state index in [-0.39, 0.29) is 22.8 Å². The molecule has 7 heteroatoms. The van der Waals surface area contributed by atoms with Crippen molar-refractivity contribution >= 4 is 30.0 Å². The molecule has 0 radical (unpaired) electrons. The van der Waals surface area contributed by atoms with Gasteiger partial charge in [-0.05, 0) is 41.4 Å². The number of carbonyl (C=O) groups is 1. The van der Waals surface area contributed by atoms with Crippen molar-refractivity contribution in [1.82, 2.24) is 5.06 Å². The summed E-state index contributed by atoms with van der Waals surface area (Å²) in [5.41, 5.74) is 2.09. The van der Waals surface area contributed by atoms with Crippen molar-refractivity contribution in [3.63, 3.8) is 0 Å². The number of fused-ring (bicyclic) bond motifs is 2. The lowest BCUT2D eigenvalue weighted by molar-refractivity contribution is -0.282. The van der Waals surface area contributed by atoms with Crippen LogP contribution in [0.3, 0.4) is 0 Å². The first kappa shape index (κ1) is 24.8. The topological polar surface area (TPSA) is 48.0 Å². The zero-order valence-corrected chi connectivity index (χ0v) is 22.7. The van der Waals surface area contributed by atoms with Gasteiger partial charge in [0.1, 0.15) is 12.1 Å². The SMILES string of the molecule is CC(C)(C)[Si](C)(C)OC[C@H]1O[C@@H](c2ccc(Br)cc2)[C@H]2CON(Cc3ccccc3)[C@@H]1C2=O. The summed E-state index contributed by atoms with van der Waals surface area (Å²) >= 11 is 3.50. The lowest BCUT2D eigenvalue weighted by atomic mass is 9.83. The molecule has 5 nitrogen and oxygen atoms in total. The van der Waals surface area contributed by atoms with E-state index in [0.29, 0.717) is 19.8 Å². The van der Waals surface area contributed by atoms with Crippen molar-refractivity contribution < 1.29 is 18.8 Å². The summed E-state index contributed by atoms with van der Waals surface area (Å²) in [4.78, 5) is 19.9. The van der Waals surface area contributed by atoms with E-state index < -0.39 is 20.5 Å². The molecule has 2 aromatic rings. The van der Waals surface area contributed by atoms with Crippen molar-refractivity contribution in [3.8, 4) is 0 Å². The van der Waals surface area contributed by atoms with Gasteiger partial charge in [0, 0.05) is 4.47 Å². The highest BCUT2D eigenvalue weighted by molar-refractivity contribution is 9.10. The van der Waals surface area contributed by atoms with Crippen LogP contribution in [-0.2, 0) is 25.3 Å². The van der Waals surface area contributed by atoms with Crippen LogP contribution >= 0.6 is 15.9 Å². The molecule has 178 valence electrons. The fourth-order valence-electron chi connectivity index (χ4n) is 4.17. The van der Waals surface area contributed by atoms with Crippen LogP contribution in [0.2, 0.25) is 18.1 Å². The van der Waals surface area contributed by atoms with Gasteiger partial charge in [0.05, 0.1) is 31.8 Å². The van der Waals surface area contributed by atoms with Crippen LogP contribution in [0, 0.1) is 5.92 Å². The molecule has 0 saturated carbocycles. The van der Waals surface area contributed by atoms with Crippen LogP contribution in [0.15, 0.2) is 59.1 Å². The lowest BCUT2D eigenvalue weighted by Gasteiger charge is -2.49. The standard InChI is InChI=1S/C26H34BrNO4Si/c1-26(2,3)33(4,5)31-17-22-23-24(29)21(25(32-22)19-11-13-20(27)14-12-19)16-30-28(23)15-18-9-7-6-8-10-18/h6-14,21-23,25H,15-17H2,1-5H3/t21-,22+,23-,25-/m0/s1. The number of hydroxylamine groups is 2. The highest BCUT2D eigenvalue weighted by Crippen LogP contribution is 2.42. The van der Waals surface area contributed by atoms with E-state index in [1.54, 1.807) is 0 Å². The molecule has 0 N–H and O–H groups in total. The summed E-state index contributed by atoms with van der Waals surface area (Å²) in [5, 5.41) is 1.89. The number of carbonyl (C=O) groups excluding carboxylic acids is 1.